The largest absolute Gasteiger partial charge is 0.343 e. The molecular weight excluding hydrogens is 335 g/mol. The Hall–Kier alpha value is -2.04. The van der Waals surface area contributed by atoms with Gasteiger partial charge in [0, 0.05) is 0 Å². The highest BCUT2D eigenvalue weighted by molar-refractivity contribution is 6.34. The lowest BCUT2D eigenvalue weighted by Crippen LogP contribution is -2.33. The third-order valence-corrected chi connectivity index (χ3v) is 3.85. The van der Waals surface area contributed by atoms with Crippen LogP contribution in [-0.2, 0) is 4.79 Å². The maximum absolute atomic E-state index is 12.0. The summed E-state index contributed by atoms with van der Waals surface area (Å²) in [6.07, 6.45) is 0. The van der Waals surface area contributed by atoms with E-state index in [9.17, 15) is 9.59 Å². The molecule has 120 valence electrons. The van der Waals surface area contributed by atoms with Crippen LogP contribution in [0.2, 0.25) is 10.0 Å². The van der Waals surface area contributed by atoms with E-state index in [1.54, 1.807) is 30.3 Å². The van der Waals surface area contributed by atoms with Crippen LogP contribution in [0.25, 0.3) is 0 Å². The van der Waals surface area contributed by atoms with Gasteiger partial charge in [-0.25, -0.2) is 0 Å². The number of aryl methyl sites for hydroxylation is 2. The Morgan fingerprint density at radius 2 is 1.74 bits per heavy atom. The normalized spacial score (nSPS) is 10.3. The molecular formula is C17H16Cl2N2O2. The number of rotatable bonds is 4. The molecule has 2 amide bonds. The van der Waals surface area contributed by atoms with Crippen LogP contribution in [0.3, 0.4) is 0 Å². The average Bonchev–Trinajstić information content (AvgIpc) is 2.49. The lowest BCUT2D eigenvalue weighted by atomic mass is 10.1. The van der Waals surface area contributed by atoms with Crippen molar-refractivity contribution < 1.29 is 9.59 Å². The van der Waals surface area contributed by atoms with Gasteiger partial charge in [-0.15, -0.1) is 0 Å². The van der Waals surface area contributed by atoms with Crippen molar-refractivity contribution in [1.29, 1.82) is 0 Å². The second kappa shape index (κ2) is 7.49. The highest BCUT2D eigenvalue weighted by atomic mass is 35.5. The lowest BCUT2D eigenvalue weighted by Gasteiger charge is -2.12. The number of halogens is 2. The molecule has 0 unspecified atom stereocenters. The maximum Gasteiger partial charge on any atom is 0.253 e. The van der Waals surface area contributed by atoms with Crippen molar-refractivity contribution in [3.05, 3.63) is 63.1 Å². The minimum Gasteiger partial charge on any atom is -0.343 e. The van der Waals surface area contributed by atoms with E-state index in [1.807, 2.05) is 19.9 Å². The fourth-order valence-corrected chi connectivity index (χ4v) is 2.75. The topological polar surface area (TPSA) is 58.2 Å². The van der Waals surface area contributed by atoms with Crippen molar-refractivity contribution in [2.45, 2.75) is 13.8 Å². The molecule has 4 nitrogen and oxygen atoms in total. The second-order valence-corrected chi connectivity index (χ2v) is 5.96. The molecule has 2 rings (SSSR count). The Morgan fingerprint density at radius 1 is 1.04 bits per heavy atom. The first-order chi connectivity index (χ1) is 10.9. The van der Waals surface area contributed by atoms with Crippen LogP contribution in [0.1, 0.15) is 21.5 Å². The van der Waals surface area contributed by atoms with Crippen LogP contribution in [-0.4, -0.2) is 18.4 Å². The average molecular weight is 351 g/mol. The first-order valence-corrected chi connectivity index (χ1v) is 7.73. The zero-order valence-electron chi connectivity index (χ0n) is 12.7. The molecule has 6 heteroatoms. The molecule has 0 aliphatic rings. The van der Waals surface area contributed by atoms with Gasteiger partial charge >= 0.3 is 0 Å². The Balaban J connectivity index is 1.99. The number of hydrogen-bond acceptors (Lipinski definition) is 2. The summed E-state index contributed by atoms with van der Waals surface area (Å²) in [5.74, 6) is -0.767. The number of hydrogen-bond donors (Lipinski definition) is 2. The van der Waals surface area contributed by atoms with Crippen molar-refractivity contribution in [2.75, 3.05) is 11.9 Å². The molecule has 0 bridgehead atoms. The first kappa shape index (κ1) is 17.3. The van der Waals surface area contributed by atoms with Gasteiger partial charge in [0.1, 0.15) is 0 Å². The summed E-state index contributed by atoms with van der Waals surface area (Å²) in [5, 5.41) is 6.04. The molecule has 23 heavy (non-hydrogen) atoms. The van der Waals surface area contributed by atoms with Gasteiger partial charge < -0.3 is 10.6 Å². The number of carbonyl (C=O) groups is 2. The summed E-state index contributed by atoms with van der Waals surface area (Å²) in [7, 11) is 0. The Kier molecular flexibility index (Phi) is 5.64. The summed E-state index contributed by atoms with van der Waals surface area (Å²) < 4.78 is 0. The number of carbonyl (C=O) groups excluding carboxylic acids is 2. The van der Waals surface area contributed by atoms with Crippen molar-refractivity contribution in [2.24, 2.45) is 0 Å². The summed E-state index contributed by atoms with van der Waals surface area (Å²) >= 11 is 12.1. The molecule has 0 fully saturated rings. The van der Waals surface area contributed by atoms with E-state index in [0.29, 0.717) is 21.3 Å². The van der Waals surface area contributed by atoms with E-state index >= 15 is 0 Å². The van der Waals surface area contributed by atoms with Crippen LogP contribution in [0.5, 0.6) is 0 Å². The van der Waals surface area contributed by atoms with Gasteiger partial charge in [0.2, 0.25) is 5.91 Å². The molecule has 0 atom stereocenters. The highest BCUT2D eigenvalue weighted by Gasteiger charge is 2.13. The van der Waals surface area contributed by atoms with Crippen LogP contribution in [0, 0.1) is 13.8 Å². The highest BCUT2D eigenvalue weighted by Crippen LogP contribution is 2.27. The zero-order chi connectivity index (χ0) is 17.0. The fourth-order valence-electron chi connectivity index (χ4n) is 2.16. The first-order valence-electron chi connectivity index (χ1n) is 6.98. The van der Waals surface area contributed by atoms with E-state index < -0.39 is 5.91 Å². The molecule has 0 radical (unpaired) electrons. The molecule has 2 N–H and O–H groups in total. The van der Waals surface area contributed by atoms with Crippen LogP contribution >= 0.6 is 23.2 Å². The minimum atomic E-state index is -0.405. The molecule has 0 aromatic heterocycles. The van der Waals surface area contributed by atoms with Crippen molar-refractivity contribution in [3.8, 4) is 0 Å². The van der Waals surface area contributed by atoms with Gasteiger partial charge in [-0.2, -0.15) is 0 Å². The molecule has 2 aromatic rings. The summed E-state index contributed by atoms with van der Waals surface area (Å²) in [6.45, 7) is 3.61. The lowest BCUT2D eigenvalue weighted by molar-refractivity contribution is -0.115. The third-order valence-electron chi connectivity index (χ3n) is 3.22. The fraction of sp³-hybridized carbons (Fsp3) is 0.176. The van der Waals surface area contributed by atoms with Crippen LogP contribution in [0.15, 0.2) is 36.4 Å². The summed E-state index contributed by atoms with van der Waals surface area (Å²) in [6, 6.07) is 10.3. The quantitative estimate of drug-likeness (QED) is 0.875. The monoisotopic (exact) mass is 350 g/mol. The van der Waals surface area contributed by atoms with Gasteiger partial charge in [0.05, 0.1) is 27.8 Å². The molecule has 2 aromatic carbocycles. The molecule has 0 saturated carbocycles. The zero-order valence-corrected chi connectivity index (χ0v) is 14.3. The predicted molar refractivity (Wildman–Crippen MR) is 93.3 cm³/mol. The number of nitrogens with one attached hydrogen (secondary N) is 2. The van der Waals surface area contributed by atoms with Gasteiger partial charge in [-0.3, -0.25) is 9.59 Å². The number of benzene rings is 2. The molecule has 0 heterocycles. The van der Waals surface area contributed by atoms with Gasteiger partial charge in [0.25, 0.3) is 5.91 Å². The standard InChI is InChI=1S/C17H16Cl2N2O2/c1-10-7-11(2)16(14(19)8-10)21-15(22)9-20-17(23)12-5-3-4-6-13(12)18/h3-8H,9H2,1-2H3,(H,20,23)(H,21,22). The van der Waals surface area contributed by atoms with Gasteiger partial charge in [-0.1, -0.05) is 41.4 Å². The number of anilines is 1. The summed E-state index contributed by atoms with van der Waals surface area (Å²) in [5.41, 5.74) is 2.75. The van der Waals surface area contributed by atoms with Crippen LogP contribution in [0.4, 0.5) is 5.69 Å². The van der Waals surface area contributed by atoms with Crippen molar-refractivity contribution in [1.82, 2.24) is 5.32 Å². The number of amides is 2. The van der Waals surface area contributed by atoms with Crippen molar-refractivity contribution in [3.63, 3.8) is 0 Å². The third kappa shape index (κ3) is 4.47. The predicted octanol–water partition coefficient (Wildman–Crippen LogP) is 3.98. The second-order valence-electron chi connectivity index (χ2n) is 5.15. The van der Waals surface area contributed by atoms with Crippen LogP contribution < -0.4 is 10.6 Å². The molecule has 0 aliphatic carbocycles. The smallest absolute Gasteiger partial charge is 0.253 e. The SMILES string of the molecule is Cc1cc(C)c(NC(=O)CNC(=O)c2ccccc2Cl)c(Cl)c1. The van der Waals surface area contributed by atoms with E-state index in [4.69, 9.17) is 23.2 Å². The Bertz CT molecular complexity index is 737. The van der Waals surface area contributed by atoms with Gasteiger partial charge in [0.15, 0.2) is 0 Å². The Labute approximate surface area is 144 Å². The molecule has 0 saturated heterocycles. The summed E-state index contributed by atoms with van der Waals surface area (Å²) in [4.78, 5) is 24.0. The maximum atomic E-state index is 12.0. The van der Waals surface area contributed by atoms with E-state index in [0.717, 1.165) is 11.1 Å². The van der Waals surface area contributed by atoms with E-state index in [-0.39, 0.29) is 12.5 Å². The van der Waals surface area contributed by atoms with Gasteiger partial charge in [-0.05, 0) is 43.2 Å². The minimum absolute atomic E-state index is 0.173. The van der Waals surface area contributed by atoms with E-state index in [2.05, 4.69) is 10.6 Å². The molecule has 0 aliphatic heterocycles. The van der Waals surface area contributed by atoms with Crippen molar-refractivity contribution >= 4 is 40.7 Å². The Morgan fingerprint density at radius 3 is 2.39 bits per heavy atom. The van der Waals surface area contributed by atoms with E-state index in [1.165, 1.54) is 0 Å². The molecule has 0 spiro atoms.